The summed E-state index contributed by atoms with van der Waals surface area (Å²) in [5.74, 6) is 1.04. The van der Waals surface area contributed by atoms with Crippen LogP contribution in [-0.2, 0) is 11.3 Å². The second-order valence-electron chi connectivity index (χ2n) is 6.24. The van der Waals surface area contributed by atoms with E-state index in [1.807, 2.05) is 30.4 Å². The highest BCUT2D eigenvalue weighted by Crippen LogP contribution is 2.14. The number of carbonyl (C=O) groups is 1. The molecular formula is C18H17N7O2S. The van der Waals surface area contributed by atoms with E-state index in [2.05, 4.69) is 30.5 Å². The smallest absolute Gasteiger partial charge is 0.259 e. The molecule has 0 bridgehead atoms. The number of thioether (sulfide) groups is 1. The van der Waals surface area contributed by atoms with Gasteiger partial charge in [-0.25, -0.2) is 9.97 Å². The SMILES string of the molecule is Cc1cc(C)n2c(CNC(=O)CSc3nc4ccccc4c(=O)[nH]3)nnc2n1. The van der Waals surface area contributed by atoms with Gasteiger partial charge in [0.05, 0.1) is 23.2 Å². The number of amides is 1. The maximum atomic E-state index is 12.2. The number of rotatable bonds is 5. The monoisotopic (exact) mass is 395 g/mol. The largest absolute Gasteiger partial charge is 0.348 e. The fourth-order valence-electron chi connectivity index (χ4n) is 2.91. The van der Waals surface area contributed by atoms with Gasteiger partial charge < -0.3 is 10.3 Å². The molecule has 0 aliphatic heterocycles. The average molecular weight is 395 g/mol. The predicted octanol–water partition coefficient (Wildman–Crippen LogP) is 1.39. The van der Waals surface area contributed by atoms with Gasteiger partial charge in [-0.05, 0) is 32.0 Å². The van der Waals surface area contributed by atoms with Crippen LogP contribution in [0.15, 0.2) is 40.3 Å². The van der Waals surface area contributed by atoms with Gasteiger partial charge in [-0.3, -0.25) is 14.0 Å². The molecular weight excluding hydrogens is 378 g/mol. The number of carbonyl (C=O) groups excluding carboxylic acids is 1. The van der Waals surface area contributed by atoms with E-state index in [0.717, 1.165) is 11.4 Å². The molecule has 0 aliphatic rings. The molecule has 4 rings (SSSR count). The zero-order valence-corrected chi connectivity index (χ0v) is 16.1. The van der Waals surface area contributed by atoms with Crippen LogP contribution in [0.1, 0.15) is 17.2 Å². The van der Waals surface area contributed by atoms with Crippen LogP contribution in [0.25, 0.3) is 16.7 Å². The van der Waals surface area contributed by atoms with Crippen molar-refractivity contribution in [3.8, 4) is 0 Å². The van der Waals surface area contributed by atoms with E-state index in [1.54, 1.807) is 18.2 Å². The number of hydrogen-bond acceptors (Lipinski definition) is 7. The lowest BCUT2D eigenvalue weighted by Gasteiger charge is -2.06. The van der Waals surface area contributed by atoms with E-state index in [4.69, 9.17) is 0 Å². The van der Waals surface area contributed by atoms with Gasteiger partial charge >= 0.3 is 0 Å². The highest BCUT2D eigenvalue weighted by molar-refractivity contribution is 7.99. The molecule has 0 atom stereocenters. The van der Waals surface area contributed by atoms with E-state index >= 15 is 0 Å². The summed E-state index contributed by atoms with van der Waals surface area (Å²) < 4.78 is 1.81. The van der Waals surface area contributed by atoms with Crippen LogP contribution < -0.4 is 10.9 Å². The number of H-pyrrole nitrogens is 1. The van der Waals surface area contributed by atoms with Gasteiger partial charge in [-0.15, -0.1) is 10.2 Å². The van der Waals surface area contributed by atoms with Gasteiger partial charge in [-0.1, -0.05) is 23.9 Å². The summed E-state index contributed by atoms with van der Waals surface area (Å²) in [7, 11) is 0. The molecule has 1 aromatic carbocycles. The first-order valence-corrected chi connectivity index (χ1v) is 9.56. The zero-order chi connectivity index (χ0) is 19.7. The molecule has 28 heavy (non-hydrogen) atoms. The first kappa shape index (κ1) is 18.1. The number of aromatic nitrogens is 6. The van der Waals surface area contributed by atoms with E-state index in [0.29, 0.717) is 27.7 Å². The Bertz CT molecular complexity index is 1250. The van der Waals surface area contributed by atoms with Gasteiger partial charge in [0.15, 0.2) is 11.0 Å². The molecule has 142 valence electrons. The Labute approximate surface area is 163 Å². The summed E-state index contributed by atoms with van der Waals surface area (Å²) in [6.07, 6.45) is 0. The lowest BCUT2D eigenvalue weighted by atomic mass is 10.2. The lowest BCUT2D eigenvalue weighted by Crippen LogP contribution is -2.26. The minimum Gasteiger partial charge on any atom is -0.348 e. The Kier molecular flexibility index (Phi) is 4.78. The number of para-hydroxylation sites is 1. The highest BCUT2D eigenvalue weighted by Gasteiger charge is 2.12. The maximum absolute atomic E-state index is 12.2. The van der Waals surface area contributed by atoms with Gasteiger partial charge in [0.1, 0.15) is 0 Å². The fourth-order valence-corrected chi connectivity index (χ4v) is 3.61. The third kappa shape index (κ3) is 3.58. The van der Waals surface area contributed by atoms with E-state index in [1.165, 1.54) is 11.8 Å². The number of nitrogens with zero attached hydrogens (tertiary/aromatic N) is 5. The molecule has 4 aromatic rings. The van der Waals surface area contributed by atoms with Crippen molar-refractivity contribution in [1.29, 1.82) is 0 Å². The molecule has 0 aliphatic carbocycles. The number of nitrogens with one attached hydrogen (secondary N) is 2. The van der Waals surface area contributed by atoms with Crippen LogP contribution >= 0.6 is 11.8 Å². The summed E-state index contributed by atoms with van der Waals surface area (Å²) in [6, 6.07) is 9.01. The van der Waals surface area contributed by atoms with Gasteiger partial charge in [0, 0.05) is 11.4 Å². The minimum atomic E-state index is -0.221. The summed E-state index contributed by atoms with van der Waals surface area (Å²) in [6.45, 7) is 4.06. The predicted molar refractivity (Wildman–Crippen MR) is 105 cm³/mol. The summed E-state index contributed by atoms with van der Waals surface area (Å²) >= 11 is 1.17. The van der Waals surface area contributed by atoms with E-state index in [-0.39, 0.29) is 23.8 Å². The molecule has 10 heteroatoms. The molecule has 3 aromatic heterocycles. The number of aromatic amines is 1. The van der Waals surface area contributed by atoms with Crippen molar-refractivity contribution in [2.45, 2.75) is 25.5 Å². The third-order valence-corrected chi connectivity index (χ3v) is 5.01. The highest BCUT2D eigenvalue weighted by atomic mass is 32.2. The number of benzene rings is 1. The summed E-state index contributed by atoms with van der Waals surface area (Å²) in [4.78, 5) is 35.7. The van der Waals surface area contributed by atoms with Crippen molar-refractivity contribution < 1.29 is 4.79 Å². The number of aryl methyl sites for hydroxylation is 2. The zero-order valence-electron chi connectivity index (χ0n) is 15.3. The van der Waals surface area contributed by atoms with Crippen LogP contribution in [0.2, 0.25) is 0 Å². The molecule has 2 N–H and O–H groups in total. The molecule has 0 saturated heterocycles. The fraction of sp³-hybridized carbons (Fsp3) is 0.222. The second-order valence-corrected chi connectivity index (χ2v) is 7.21. The van der Waals surface area contributed by atoms with Crippen molar-refractivity contribution in [2.24, 2.45) is 0 Å². The standard InChI is InChI=1S/C18H17N7O2S/c1-10-7-11(2)25-14(23-24-17(25)20-10)8-19-15(26)9-28-18-21-13-6-4-3-5-12(13)16(27)22-18/h3-7H,8-9H2,1-2H3,(H,19,26)(H,21,22,27). The van der Waals surface area contributed by atoms with Crippen molar-refractivity contribution in [3.05, 3.63) is 57.9 Å². The van der Waals surface area contributed by atoms with Gasteiger partial charge in [0.25, 0.3) is 11.3 Å². The normalized spacial score (nSPS) is 11.2. The third-order valence-electron chi connectivity index (χ3n) is 4.13. The molecule has 1 amide bonds. The first-order valence-electron chi connectivity index (χ1n) is 8.58. The van der Waals surface area contributed by atoms with Crippen LogP contribution in [0, 0.1) is 13.8 Å². The van der Waals surface area contributed by atoms with Gasteiger partial charge in [-0.2, -0.15) is 0 Å². The molecule has 0 saturated carbocycles. The quantitative estimate of drug-likeness (QED) is 0.387. The Hall–Kier alpha value is -3.27. The second kappa shape index (κ2) is 7.39. The first-order chi connectivity index (χ1) is 13.5. The Morgan fingerprint density at radius 2 is 2.04 bits per heavy atom. The molecule has 9 nitrogen and oxygen atoms in total. The number of hydrogen-bond donors (Lipinski definition) is 2. The Morgan fingerprint density at radius 1 is 1.21 bits per heavy atom. The lowest BCUT2D eigenvalue weighted by molar-refractivity contribution is -0.118. The summed E-state index contributed by atoms with van der Waals surface area (Å²) in [5.41, 5.74) is 2.19. The van der Waals surface area contributed by atoms with Crippen molar-refractivity contribution in [1.82, 2.24) is 34.9 Å². The average Bonchev–Trinajstić information content (AvgIpc) is 3.08. The van der Waals surface area contributed by atoms with Crippen LogP contribution in [0.4, 0.5) is 0 Å². The molecule has 0 radical (unpaired) electrons. The van der Waals surface area contributed by atoms with Gasteiger partial charge in [0.2, 0.25) is 5.91 Å². The number of fused-ring (bicyclic) bond motifs is 2. The molecule has 0 unspecified atom stereocenters. The van der Waals surface area contributed by atoms with E-state index < -0.39 is 0 Å². The Morgan fingerprint density at radius 3 is 2.89 bits per heavy atom. The van der Waals surface area contributed by atoms with Crippen LogP contribution in [0.3, 0.4) is 0 Å². The molecule has 0 fully saturated rings. The van der Waals surface area contributed by atoms with Crippen molar-refractivity contribution in [3.63, 3.8) is 0 Å². The van der Waals surface area contributed by atoms with Crippen LogP contribution in [-0.4, -0.2) is 41.2 Å². The minimum absolute atomic E-state index is 0.119. The Balaban J connectivity index is 1.41. The molecule has 3 heterocycles. The van der Waals surface area contributed by atoms with E-state index in [9.17, 15) is 9.59 Å². The topological polar surface area (TPSA) is 118 Å². The summed E-state index contributed by atoms with van der Waals surface area (Å²) in [5, 5.41) is 11.9. The maximum Gasteiger partial charge on any atom is 0.259 e. The van der Waals surface area contributed by atoms with Crippen LogP contribution in [0.5, 0.6) is 0 Å². The molecule has 0 spiro atoms. The van der Waals surface area contributed by atoms with Crippen molar-refractivity contribution >= 4 is 34.3 Å². The van der Waals surface area contributed by atoms with Crippen molar-refractivity contribution in [2.75, 3.05) is 5.75 Å².